The van der Waals surface area contributed by atoms with Crippen LogP contribution in [0.25, 0.3) is 0 Å². The number of fused-ring (bicyclic) bond motifs is 1. The highest BCUT2D eigenvalue weighted by molar-refractivity contribution is 6.08. The first kappa shape index (κ1) is 27.6. The van der Waals surface area contributed by atoms with Crippen LogP contribution in [0, 0.1) is 35.5 Å². The molecule has 3 N–H and O–H groups in total. The van der Waals surface area contributed by atoms with E-state index in [-0.39, 0.29) is 36.3 Å². The molecule has 2 saturated carbocycles. The molecule has 9 nitrogen and oxygen atoms in total. The van der Waals surface area contributed by atoms with Gasteiger partial charge in [0.15, 0.2) is 0 Å². The lowest BCUT2D eigenvalue weighted by molar-refractivity contribution is -0.149. The molecule has 0 aromatic rings. The average Bonchev–Trinajstić information content (AvgIpc) is 3.13. The number of carbonyl (C=O) groups excluding carboxylic acids is 3. The fourth-order valence-electron chi connectivity index (χ4n) is 9.00. The number of amides is 3. The summed E-state index contributed by atoms with van der Waals surface area (Å²) in [5.74, 6) is 2.22. The van der Waals surface area contributed by atoms with Gasteiger partial charge in [-0.05, 0) is 101 Å². The van der Waals surface area contributed by atoms with Crippen LogP contribution in [0.1, 0.15) is 71.1 Å². The lowest BCUT2D eigenvalue weighted by Crippen LogP contribution is -2.57. The lowest BCUT2D eigenvalue weighted by Gasteiger charge is -2.49. The Morgan fingerprint density at radius 1 is 0.923 bits per heavy atom. The molecule has 0 aromatic carbocycles. The van der Waals surface area contributed by atoms with Crippen molar-refractivity contribution in [3.05, 3.63) is 0 Å². The van der Waals surface area contributed by atoms with Gasteiger partial charge in [0.25, 0.3) is 0 Å². The first-order valence-electron chi connectivity index (χ1n) is 15.8. The highest BCUT2D eigenvalue weighted by Crippen LogP contribution is 2.43. The predicted octanol–water partition coefficient (Wildman–Crippen LogP) is 1.80. The van der Waals surface area contributed by atoms with Crippen LogP contribution < -0.4 is 11.1 Å². The molecular weight excluding hydrogens is 494 g/mol. The first-order valence-corrected chi connectivity index (χ1v) is 15.8. The Bertz CT molecular complexity index is 917. The van der Waals surface area contributed by atoms with Gasteiger partial charge in [0.1, 0.15) is 12.8 Å². The molecule has 2 aliphatic carbocycles. The molecule has 39 heavy (non-hydrogen) atoms. The second kappa shape index (κ2) is 11.7. The van der Waals surface area contributed by atoms with Crippen LogP contribution in [0.4, 0.5) is 0 Å². The van der Waals surface area contributed by atoms with Gasteiger partial charge in [-0.25, -0.2) is 0 Å². The van der Waals surface area contributed by atoms with Crippen LogP contribution in [-0.2, 0) is 19.1 Å². The number of rotatable bonds is 5. The third-order valence-electron chi connectivity index (χ3n) is 11.2. The van der Waals surface area contributed by atoms with Crippen LogP contribution >= 0.6 is 0 Å². The Morgan fingerprint density at radius 2 is 1.69 bits per heavy atom. The smallest absolute Gasteiger partial charge is 0.245 e. The van der Waals surface area contributed by atoms with Crippen molar-refractivity contribution < 1.29 is 19.1 Å². The van der Waals surface area contributed by atoms with Gasteiger partial charge in [-0.1, -0.05) is 6.92 Å². The molecule has 4 heterocycles. The second-order valence-electron chi connectivity index (χ2n) is 13.7. The highest BCUT2D eigenvalue weighted by atomic mass is 16.5. The van der Waals surface area contributed by atoms with Gasteiger partial charge in [-0.15, -0.1) is 0 Å². The molecule has 0 bridgehead atoms. The van der Waals surface area contributed by atoms with Gasteiger partial charge in [0.2, 0.25) is 17.7 Å². The average molecular weight is 544 g/mol. The topological polar surface area (TPSA) is 108 Å². The molecular formula is C30H49N5O4. The van der Waals surface area contributed by atoms with Crippen molar-refractivity contribution in [1.82, 2.24) is 20.0 Å². The van der Waals surface area contributed by atoms with E-state index in [9.17, 15) is 14.4 Å². The third kappa shape index (κ3) is 5.66. The largest absolute Gasteiger partial charge is 0.361 e. The number of nitrogens with two attached hydrogens (primary N) is 1. The summed E-state index contributed by atoms with van der Waals surface area (Å²) in [5, 5.41) is 2.72. The van der Waals surface area contributed by atoms with Crippen molar-refractivity contribution in [2.75, 3.05) is 46.1 Å². The summed E-state index contributed by atoms with van der Waals surface area (Å²) in [5.41, 5.74) is 6.21. The summed E-state index contributed by atoms with van der Waals surface area (Å²) in [6.07, 6.45) is 10.0. The van der Waals surface area contributed by atoms with Crippen molar-refractivity contribution in [2.24, 2.45) is 41.2 Å². The highest BCUT2D eigenvalue weighted by Gasteiger charge is 2.54. The monoisotopic (exact) mass is 543 g/mol. The van der Waals surface area contributed by atoms with E-state index in [1.165, 1.54) is 56.6 Å². The van der Waals surface area contributed by atoms with E-state index in [0.717, 1.165) is 50.1 Å². The number of ether oxygens (including phenoxy) is 1. The van der Waals surface area contributed by atoms with E-state index in [1.807, 2.05) is 0 Å². The minimum Gasteiger partial charge on any atom is -0.361 e. The van der Waals surface area contributed by atoms with Crippen LogP contribution in [0.3, 0.4) is 0 Å². The minimum absolute atomic E-state index is 0.120. The number of imide groups is 1. The van der Waals surface area contributed by atoms with Gasteiger partial charge in [-0.2, -0.15) is 0 Å². The molecule has 9 heteroatoms. The zero-order valence-electron chi connectivity index (χ0n) is 23.8. The van der Waals surface area contributed by atoms with E-state index in [4.69, 9.17) is 10.5 Å². The number of piperidine rings is 1. The number of carbonyl (C=O) groups is 3. The molecule has 6 aliphatic rings. The maximum atomic E-state index is 13.4. The quantitative estimate of drug-likeness (QED) is 0.509. The summed E-state index contributed by atoms with van der Waals surface area (Å²) >= 11 is 0. The minimum atomic E-state index is -0.686. The van der Waals surface area contributed by atoms with Gasteiger partial charge in [0.05, 0.1) is 11.8 Å². The van der Waals surface area contributed by atoms with Crippen molar-refractivity contribution in [3.8, 4) is 0 Å². The van der Waals surface area contributed by atoms with Gasteiger partial charge < -0.3 is 20.7 Å². The molecule has 0 spiro atoms. The maximum absolute atomic E-state index is 13.4. The van der Waals surface area contributed by atoms with Crippen molar-refractivity contribution in [2.45, 2.75) is 89.3 Å². The summed E-state index contributed by atoms with van der Waals surface area (Å²) in [4.78, 5) is 45.9. The van der Waals surface area contributed by atoms with E-state index >= 15 is 0 Å². The summed E-state index contributed by atoms with van der Waals surface area (Å²) in [6.45, 7) is 8.97. The molecule has 218 valence electrons. The van der Waals surface area contributed by atoms with E-state index in [0.29, 0.717) is 37.5 Å². The summed E-state index contributed by atoms with van der Waals surface area (Å²) < 4.78 is 5.32. The van der Waals surface area contributed by atoms with Crippen molar-refractivity contribution in [3.63, 3.8) is 0 Å². The molecule has 4 saturated heterocycles. The lowest BCUT2D eigenvalue weighted by atomic mass is 9.69. The zero-order chi connectivity index (χ0) is 27.1. The van der Waals surface area contributed by atoms with E-state index in [2.05, 4.69) is 22.0 Å². The number of hydrogen-bond acceptors (Lipinski definition) is 7. The summed E-state index contributed by atoms with van der Waals surface area (Å²) in [7, 11) is 0. The van der Waals surface area contributed by atoms with E-state index in [1.54, 1.807) is 0 Å². The number of nitrogens with one attached hydrogen (secondary N) is 1. The number of nitrogens with zero attached hydrogens (tertiary/aromatic N) is 3. The third-order valence-corrected chi connectivity index (χ3v) is 11.2. The Morgan fingerprint density at radius 3 is 2.46 bits per heavy atom. The first-order chi connectivity index (χ1) is 18.9. The SMILES string of the molecule is C[C@@H]1CC(N)CCC1C1CCN(CC2CN(C3CCC4C(=O)N(C5CCCOCNC5=O)C(=O)C4C3)C2)CC1. The van der Waals surface area contributed by atoms with Gasteiger partial charge >= 0.3 is 0 Å². The predicted molar refractivity (Wildman–Crippen MR) is 147 cm³/mol. The molecule has 4 aliphatic heterocycles. The molecule has 3 amide bonds. The standard InChI is InChI=1S/C30H49N5O4/c1-19-13-22(31)4-6-24(19)21-8-10-33(11-9-21)15-20-16-34(17-20)23-5-7-25-26(14-23)30(38)35(29(25)37)27-3-2-12-39-18-32-28(27)36/h19-27H,2-18,31H2,1H3,(H,32,36)/t19-,22?,23?,24?,25?,26?,27?/m1/s1. The number of likely N-dealkylation sites (tertiary alicyclic amines) is 3. The van der Waals surface area contributed by atoms with Crippen LogP contribution in [0.15, 0.2) is 0 Å². The molecule has 6 fully saturated rings. The Kier molecular flexibility index (Phi) is 8.32. The summed E-state index contributed by atoms with van der Waals surface area (Å²) in [6, 6.07) is 0.111. The Balaban J connectivity index is 0.957. The normalized spacial score (nSPS) is 40.1. The Labute approximate surface area is 233 Å². The van der Waals surface area contributed by atoms with Crippen molar-refractivity contribution >= 4 is 17.7 Å². The molecule has 0 radical (unpaired) electrons. The molecule has 7 atom stereocenters. The maximum Gasteiger partial charge on any atom is 0.245 e. The fraction of sp³-hybridized carbons (Fsp3) is 0.900. The van der Waals surface area contributed by atoms with Crippen LogP contribution in [0.2, 0.25) is 0 Å². The van der Waals surface area contributed by atoms with Gasteiger partial charge in [-0.3, -0.25) is 24.2 Å². The van der Waals surface area contributed by atoms with Crippen LogP contribution in [-0.4, -0.2) is 96.6 Å². The van der Waals surface area contributed by atoms with Crippen molar-refractivity contribution in [1.29, 1.82) is 0 Å². The molecule has 0 aromatic heterocycles. The van der Waals surface area contributed by atoms with Crippen LogP contribution in [0.5, 0.6) is 0 Å². The molecule has 6 unspecified atom stereocenters. The van der Waals surface area contributed by atoms with E-state index < -0.39 is 6.04 Å². The molecule has 6 rings (SSSR count). The zero-order valence-corrected chi connectivity index (χ0v) is 23.8. The Hall–Kier alpha value is -1.55. The number of hydrogen-bond donors (Lipinski definition) is 2. The van der Waals surface area contributed by atoms with Gasteiger partial charge in [0, 0.05) is 38.3 Å². The fourth-order valence-corrected chi connectivity index (χ4v) is 9.00. The second-order valence-corrected chi connectivity index (χ2v) is 13.7.